The molecule has 0 radical (unpaired) electrons. The molecule has 1 aliphatic carbocycles. The first-order chi connectivity index (χ1) is 9.56. The summed E-state index contributed by atoms with van der Waals surface area (Å²) in [6, 6.07) is 4.15. The van der Waals surface area contributed by atoms with Gasteiger partial charge in [0, 0.05) is 11.6 Å². The van der Waals surface area contributed by atoms with Crippen LogP contribution in [0.25, 0.3) is 0 Å². The predicted molar refractivity (Wildman–Crippen MR) is 81.4 cm³/mol. The van der Waals surface area contributed by atoms with Gasteiger partial charge in [0.15, 0.2) is 5.11 Å². The molecular weight excluding hydrogens is 277 g/mol. The molecule has 0 saturated heterocycles. The second kappa shape index (κ2) is 6.65. The van der Waals surface area contributed by atoms with Crippen LogP contribution in [0.2, 0.25) is 0 Å². The normalized spacial score (nSPS) is 16.2. The van der Waals surface area contributed by atoms with E-state index in [9.17, 15) is 9.50 Å². The molecule has 20 heavy (non-hydrogen) atoms. The largest absolute Gasteiger partial charge is 0.507 e. The van der Waals surface area contributed by atoms with Gasteiger partial charge in [-0.2, -0.15) is 5.10 Å². The molecule has 0 heterocycles. The number of phenolic OH excluding ortho intramolecular Hbond substituents is 1. The fourth-order valence-corrected chi connectivity index (χ4v) is 2.49. The highest BCUT2D eigenvalue weighted by molar-refractivity contribution is 7.80. The van der Waals surface area contributed by atoms with Gasteiger partial charge in [-0.1, -0.05) is 12.8 Å². The number of halogens is 1. The number of hydrogen-bond acceptors (Lipinski definition) is 3. The second-order valence-corrected chi connectivity index (χ2v) is 5.33. The molecule has 1 aromatic rings. The smallest absolute Gasteiger partial charge is 0.187 e. The molecule has 0 bridgehead atoms. The quantitative estimate of drug-likeness (QED) is 0.456. The molecule has 1 fully saturated rings. The van der Waals surface area contributed by atoms with Crippen molar-refractivity contribution < 1.29 is 9.50 Å². The summed E-state index contributed by atoms with van der Waals surface area (Å²) in [4.78, 5) is 0. The van der Waals surface area contributed by atoms with Gasteiger partial charge in [-0.3, -0.25) is 5.43 Å². The number of nitrogens with one attached hydrogen (secondary N) is 2. The standard InChI is InChI=1S/C14H18FN3OS/c1-9(12-8-10(15)6-7-13(12)19)17-18-14(20)16-11-4-2-3-5-11/h6-8,11,19H,2-5H2,1H3,(H2,16,18,20)/b17-9+. The van der Waals surface area contributed by atoms with Crippen LogP contribution in [0, 0.1) is 5.82 Å². The van der Waals surface area contributed by atoms with Gasteiger partial charge in [-0.15, -0.1) is 0 Å². The number of phenols is 1. The van der Waals surface area contributed by atoms with Crippen LogP contribution in [0.4, 0.5) is 4.39 Å². The van der Waals surface area contributed by atoms with Crippen molar-refractivity contribution in [2.24, 2.45) is 5.10 Å². The first kappa shape index (κ1) is 14.7. The first-order valence-electron chi connectivity index (χ1n) is 6.66. The Bertz CT molecular complexity index is 527. The Labute approximate surface area is 123 Å². The van der Waals surface area contributed by atoms with E-state index in [1.807, 2.05) is 0 Å². The van der Waals surface area contributed by atoms with Gasteiger partial charge >= 0.3 is 0 Å². The number of rotatable bonds is 3. The Hall–Kier alpha value is -1.69. The Morgan fingerprint density at radius 2 is 2.10 bits per heavy atom. The Balaban J connectivity index is 1.95. The minimum absolute atomic E-state index is 0.0101. The summed E-state index contributed by atoms with van der Waals surface area (Å²) in [7, 11) is 0. The van der Waals surface area contributed by atoms with E-state index in [4.69, 9.17) is 12.2 Å². The first-order valence-corrected chi connectivity index (χ1v) is 7.07. The fourth-order valence-electron chi connectivity index (χ4n) is 2.28. The average Bonchev–Trinajstić information content (AvgIpc) is 2.91. The maximum Gasteiger partial charge on any atom is 0.187 e. The van der Waals surface area contributed by atoms with Crippen LogP contribution in [-0.2, 0) is 0 Å². The Morgan fingerprint density at radius 3 is 2.80 bits per heavy atom. The van der Waals surface area contributed by atoms with Gasteiger partial charge in [-0.05, 0) is 50.2 Å². The molecule has 0 atom stereocenters. The third kappa shape index (κ3) is 3.90. The van der Waals surface area contributed by atoms with Crippen LogP contribution in [-0.4, -0.2) is 22.0 Å². The van der Waals surface area contributed by atoms with E-state index in [0.717, 1.165) is 12.8 Å². The Kier molecular flexibility index (Phi) is 4.89. The van der Waals surface area contributed by atoms with Crippen LogP contribution in [0.15, 0.2) is 23.3 Å². The molecule has 0 aromatic heterocycles. The summed E-state index contributed by atoms with van der Waals surface area (Å²) >= 11 is 5.15. The van der Waals surface area contributed by atoms with Crippen LogP contribution >= 0.6 is 12.2 Å². The van der Waals surface area contributed by atoms with Crippen molar-refractivity contribution in [1.29, 1.82) is 0 Å². The van der Waals surface area contributed by atoms with Crippen LogP contribution < -0.4 is 10.7 Å². The third-order valence-corrected chi connectivity index (χ3v) is 3.57. The summed E-state index contributed by atoms with van der Waals surface area (Å²) in [6.07, 6.45) is 4.68. The molecule has 0 unspecified atom stereocenters. The van der Waals surface area contributed by atoms with Crippen molar-refractivity contribution in [2.45, 2.75) is 38.6 Å². The molecule has 3 N–H and O–H groups in total. The van der Waals surface area contributed by atoms with Crippen molar-refractivity contribution in [3.05, 3.63) is 29.6 Å². The Morgan fingerprint density at radius 1 is 1.40 bits per heavy atom. The molecule has 0 amide bonds. The predicted octanol–water partition coefficient (Wildman–Crippen LogP) is 2.66. The van der Waals surface area contributed by atoms with Crippen molar-refractivity contribution in [2.75, 3.05) is 0 Å². The molecule has 1 aromatic carbocycles. The maximum absolute atomic E-state index is 13.2. The van der Waals surface area contributed by atoms with E-state index >= 15 is 0 Å². The molecule has 1 saturated carbocycles. The highest BCUT2D eigenvalue weighted by atomic mass is 32.1. The van der Waals surface area contributed by atoms with Crippen LogP contribution in [0.3, 0.4) is 0 Å². The van der Waals surface area contributed by atoms with Gasteiger partial charge in [0.05, 0.1) is 5.71 Å². The van der Waals surface area contributed by atoms with E-state index in [2.05, 4.69) is 15.8 Å². The third-order valence-electron chi connectivity index (χ3n) is 3.36. The second-order valence-electron chi connectivity index (χ2n) is 4.93. The van der Waals surface area contributed by atoms with Gasteiger partial charge in [0.2, 0.25) is 0 Å². The number of hydrazone groups is 1. The van der Waals surface area contributed by atoms with E-state index in [-0.39, 0.29) is 5.75 Å². The van der Waals surface area contributed by atoms with Crippen molar-refractivity contribution in [3.8, 4) is 5.75 Å². The summed E-state index contributed by atoms with van der Waals surface area (Å²) in [5, 5.41) is 17.4. The number of nitrogens with zero attached hydrogens (tertiary/aromatic N) is 1. The topological polar surface area (TPSA) is 56.7 Å². The summed E-state index contributed by atoms with van der Waals surface area (Å²) < 4.78 is 13.2. The van der Waals surface area contributed by atoms with Gasteiger partial charge < -0.3 is 10.4 Å². The molecule has 1 aliphatic rings. The minimum Gasteiger partial charge on any atom is -0.507 e. The zero-order chi connectivity index (χ0) is 14.5. The van der Waals surface area contributed by atoms with Crippen LogP contribution in [0.1, 0.15) is 38.2 Å². The van der Waals surface area contributed by atoms with Gasteiger partial charge in [0.1, 0.15) is 11.6 Å². The van der Waals surface area contributed by atoms with Gasteiger partial charge in [-0.25, -0.2) is 4.39 Å². The van der Waals surface area contributed by atoms with Gasteiger partial charge in [0.25, 0.3) is 0 Å². The van der Waals surface area contributed by atoms with Crippen molar-refractivity contribution in [3.63, 3.8) is 0 Å². The zero-order valence-electron chi connectivity index (χ0n) is 11.3. The monoisotopic (exact) mass is 295 g/mol. The van der Waals surface area contributed by atoms with E-state index < -0.39 is 5.82 Å². The number of benzene rings is 1. The highest BCUT2D eigenvalue weighted by Crippen LogP contribution is 2.19. The average molecular weight is 295 g/mol. The lowest BCUT2D eigenvalue weighted by Crippen LogP contribution is -2.38. The van der Waals surface area contributed by atoms with Crippen molar-refractivity contribution >= 4 is 23.0 Å². The van der Waals surface area contributed by atoms with Crippen LogP contribution in [0.5, 0.6) is 5.75 Å². The molecule has 108 valence electrons. The highest BCUT2D eigenvalue weighted by Gasteiger charge is 2.15. The van der Waals surface area contributed by atoms with Crippen molar-refractivity contribution in [1.82, 2.24) is 10.7 Å². The van der Waals surface area contributed by atoms with E-state index in [0.29, 0.717) is 22.4 Å². The minimum atomic E-state index is -0.418. The number of hydrogen-bond donors (Lipinski definition) is 3. The molecule has 0 aliphatic heterocycles. The molecule has 2 rings (SSSR count). The van der Waals surface area contributed by atoms with E-state index in [1.54, 1.807) is 6.92 Å². The molecule has 6 heteroatoms. The molecule has 0 spiro atoms. The maximum atomic E-state index is 13.2. The lowest BCUT2D eigenvalue weighted by atomic mass is 10.1. The molecule has 4 nitrogen and oxygen atoms in total. The fraction of sp³-hybridized carbons (Fsp3) is 0.429. The van der Waals surface area contributed by atoms with E-state index in [1.165, 1.54) is 31.0 Å². The number of thiocarbonyl (C=S) groups is 1. The number of aromatic hydroxyl groups is 1. The lowest BCUT2D eigenvalue weighted by Gasteiger charge is -2.13. The molecular formula is C14H18FN3OS. The summed E-state index contributed by atoms with van der Waals surface area (Å²) in [5.74, 6) is -0.428. The zero-order valence-corrected chi connectivity index (χ0v) is 12.1. The summed E-state index contributed by atoms with van der Waals surface area (Å²) in [6.45, 7) is 1.68. The lowest BCUT2D eigenvalue weighted by molar-refractivity contribution is 0.471. The SMILES string of the molecule is C/C(=N\NC(=S)NC1CCCC1)c1cc(F)ccc1O. The summed E-state index contributed by atoms with van der Waals surface area (Å²) in [5.41, 5.74) is 3.55.